The van der Waals surface area contributed by atoms with Gasteiger partial charge in [0.05, 0.1) is 5.25 Å². The fourth-order valence-electron chi connectivity index (χ4n) is 3.13. The minimum absolute atomic E-state index is 0.00531. The summed E-state index contributed by atoms with van der Waals surface area (Å²) in [6.45, 7) is 8.01. The van der Waals surface area contributed by atoms with E-state index >= 15 is 0 Å². The summed E-state index contributed by atoms with van der Waals surface area (Å²) in [7, 11) is 0. The average Bonchev–Trinajstić information content (AvgIpc) is 2.68. The van der Waals surface area contributed by atoms with Gasteiger partial charge in [0.1, 0.15) is 0 Å². The normalized spacial score (nSPS) is 12.4. The molecule has 2 N–H and O–H groups in total. The first kappa shape index (κ1) is 21.9. The molecule has 1 unspecified atom stereocenters. The van der Waals surface area contributed by atoms with Crippen molar-refractivity contribution in [3.8, 4) is 0 Å². The second-order valence-corrected chi connectivity index (χ2v) is 10.0. The summed E-state index contributed by atoms with van der Waals surface area (Å²) in [5.74, 6) is -0.0374. The largest absolute Gasteiger partial charge is 0.326 e. The Morgan fingerprint density at radius 2 is 1.57 bits per heavy atom. The van der Waals surface area contributed by atoms with Crippen LogP contribution in [0.15, 0.2) is 71.6 Å². The lowest BCUT2D eigenvalue weighted by Crippen LogP contribution is -2.22. The second kappa shape index (κ2) is 9.35. The number of hydrogen-bond acceptors (Lipinski definition) is 3. The van der Waals surface area contributed by atoms with Gasteiger partial charge >= 0.3 is 0 Å². The first-order chi connectivity index (χ1) is 14.2. The van der Waals surface area contributed by atoms with E-state index in [0.717, 1.165) is 27.0 Å². The van der Waals surface area contributed by atoms with Crippen molar-refractivity contribution in [2.24, 2.45) is 5.41 Å². The van der Waals surface area contributed by atoms with Crippen molar-refractivity contribution in [2.75, 3.05) is 10.6 Å². The van der Waals surface area contributed by atoms with Gasteiger partial charge in [0.15, 0.2) is 0 Å². The van der Waals surface area contributed by atoms with Crippen LogP contribution in [0, 0.1) is 5.41 Å². The number of carbonyl (C=O) groups is 2. The van der Waals surface area contributed by atoms with Gasteiger partial charge in [0.25, 0.3) is 0 Å². The zero-order valence-electron chi connectivity index (χ0n) is 17.9. The maximum Gasteiger partial charge on any atom is 0.237 e. The minimum atomic E-state index is -0.259. The van der Waals surface area contributed by atoms with E-state index in [2.05, 4.69) is 10.6 Å². The molecule has 4 nitrogen and oxygen atoms in total. The number of carbonyl (C=O) groups excluding carboxylic acids is 2. The van der Waals surface area contributed by atoms with Crippen LogP contribution in [-0.4, -0.2) is 17.1 Å². The SMILES string of the molecule is CC(Sc1ccc(NC(=O)CC(C)(C)C)cc1)C(=O)Nc1cccc2ccccc12. The summed E-state index contributed by atoms with van der Waals surface area (Å²) in [6, 6.07) is 21.5. The van der Waals surface area contributed by atoms with Crippen molar-refractivity contribution < 1.29 is 9.59 Å². The molecule has 0 saturated carbocycles. The van der Waals surface area contributed by atoms with E-state index in [4.69, 9.17) is 0 Å². The molecule has 3 aromatic carbocycles. The Morgan fingerprint density at radius 3 is 2.27 bits per heavy atom. The third kappa shape index (κ3) is 6.10. The number of thioether (sulfide) groups is 1. The summed E-state index contributed by atoms with van der Waals surface area (Å²) in [6.07, 6.45) is 0.467. The van der Waals surface area contributed by atoms with Gasteiger partial charge in [0, 0.05) is 28.1 Å². The molecule has 5 heteroatoms. The molecule has 3 aromatic rings. The molecular weight excluding hydrogens is 392 g/mol. The molecule has 0 saturated heterocycles. The maximum absolute atomic E-state index is 12.7. The van der Waals surface area contributed by atoms with Crippen LogP contribution in [0.25, 0.3) is 10.8 Å². The van der Waals surface area contributed by atoms with Gasteiger partial charge in [-0.05, 0) is 48.1 Å². The molecule has 0 aliphatic rings. The van der Waals surface area contributed by atoms with Gasteiger partial charge in [-0.3, -0.25) is 9.59 Å². The summed E-state index contributed by atoms with van der Waals surface area (Å²) in [5, 5.41) is 7.84. The number of amides is 2. The molecule has 0 bridgehead atoms. The van der Waals surface area contributed by atoms with Gasteiger partial charge in [-0.1, -0.05) is 57.2 Å². The summed E-state index contributed by atoms with van der Waals surface area (Å²) >= 11 is 1.49. The molecule has 0 fully saturated rings. The Morgan fingerprint density at radius 1 is 0.900 bits per heavy atom. The van der Waals surface area contributed by atoms with Crippen LogP contribution in [0.4, 0.5) is 11.4 Å². The molecular formula is C25H28N2O2S. The van der Waals surface area contributed by atoms with Crippen molar-refractivity contribution in [1.29, 1.82) is 0 Å². The zero-order valence-corrected chi connectivity index (χ0v) is 18.7. The van der Waals surface area contributed by atoms with E-state index in [1.54, 1.807) is 0 Å². The molecule has 0 spiro atoms. The molecule has 0 heterocycles. The van der Waals surface area contributed by atoms with Crippen molar-refractivity contribution in [3.05, 3.63) is 66.7 Å². The Bertz CT molecular complexity index is 1030. The predicted molar refractivity (Wildman–Crippen MR) is 127 cm³/mol. The van der Waals surface area contributed by atoms with E-state index in [0.29, 0.717) is 6.42 Å². The highest BCUT2D eigenvalue weighted by molar-refractivity contribution is 8.00. The fourth-order valence-corrected chi connectivity index (χ4v) is 4.00. The monoisotopic (exact) mass is 420 g/mol. The van der Waals surface area contributed by atoms with Crippen LogP contribution in [0.3, 0.4) is 0 Å². The zero-order chi connectivity index (χ0) is 21.7. The van der Waals surface area contributed by atoms with E-state index in [9.17, 15) is 9.59 Å². The molecule has 0 aliphatic carbocycles. The average molecular weight is 421 g/mol. The highest BCUT2D eigenvalue weighted by Crippen LogP contribution is 2.28. The summed E-state index contributed by atoms with van der Waals surface area (Å²) in [4.78, 5) is 25.8. The maximum atomic E-state index is 12.7. The lowest BCUT2D eigenvalue weighted by Gasteiger charge is -2.17. The van der Waals surface area contributed by atoms with Crippen molar-refractivity contribution in [1.82, 2.24) is 0 Å². The Balaban J connectivity index is 1.59. The second-order valence-electron chi connectivity index (χ2n) is 8.59. The highest BCUT2D eigenvalue weighted by Gasteiger charge is 2.17. The number of fused-ring (bicyclic) bond motifs is 1. The van der Waals surface area contributed by atoms with Crippen LogP contribution in [-0.2, 0) is 9.59 Å². The molecule has 2 amide bonds. The van der Waals surface area contributed by atoms with Gasteiger partial charge in [0.2, 0.25) is 11.8 Å². The Hall–Kier alpha value is -2.79. The van der Waals surface area contributed by atoms with Crippen molar-refractivity contribution in [2.45, 2.75) is 44.3 Å². The van der Waals surface area contributed by atoms with Gasteiger partial charge in [-0.25, -0.2) is 0 Å². The number of rotatable bonds is 6. The van der Waals surface area contributed by atoms with Crippen LogP contribution in [0.2, 0.25) is 0 Å². The van der Waals surface area contributed by atoms with Crippen molar-refractivity contribution >= 4 is 45.7 Å². The quantitative estimate of drug-likeness (QED) is 0.458. The fraction of sp³-hybridized carbons (Fsp3) is 0.280. The Kier molecular flexibility index (Phi) is 6.83. The van der Waals surface area contributed by atoms with E-state index in [-0.39, 0.29) is 22.5 Å². The standard InChI is InChI=1S/C25H28N2O2S/c1-17(24(29)27-22-11-7-9-18-8-5-6-10-21(18)22)30-20-14-12-19(13-15-20)26-23(28)16-25(2,3)4/h5-15,17H,16H2,1-4H3,(H,26,28)(H,27,29). The van der Waals surface area contributed by atoms with Crippen molar-refractivity contribution in [3.63, 3.8) is 0 Å². The van der Waals surface area contributed by atoms with Crippen LogP contribution in [0.5, 0.6) is 0 Å². The molecule has 1 atom stereocenters. The molecule has 0 aromatic heterocycles. The van der Waals surface area contributed by atoms with E-state index < -0.39 is 0 Å². The molecule has 156 valence electrons. The lowest BCUT2D eigenvalue weighted by molar-refractivity contribution is -0.118. The van der Waals surface area contributed by atoms with Crippen LogP contribution >= 0.6 is 11.8 Å². The third-order valence-corrected chi connectivity index (χ3v) is 5.67. The number of hydrogen-bond donors (Lipinski definition) is 2. The molecule has 0 aliphatic heterocycles. The smallest absolute Gasteiger partial charge is 0.237 e. The van der Waals surface area contributed by atoms with E-state index in [1.165, 1.54) is 11.8 Å². The molecule has 0 radical (unpaired) electrons. The number of nitrogens with one attached hydrogen (secondary N) is 2. The molecule has 3 rings (SSSR count). The molecule has 30 heavy (non-hydrogen) atoms. The Labute approximate surface area is 182 Å². The first-order valence-electron chi connectivity index (χ1n) is 10.1. The highest BCUT2D eigenvalue weighted by atomic mass is 32.2. The summed E-state index contributed by atoms with van der Waals surface area (Å²) < 4.78 is 0. The van der Waals surface area contributed by atoms with Gasteiger partial charge < -0.3 is 10.6 Å². The predicted octanol–water partition coefficient (Wildman–Crippen LogP) is 6.33. The third-order valence-electron chi connectivity index (χ3n) is 4.56. The first-order valence-corrected chi connectivity index (χ1v) is 10.9. The van der Waals surface area contributed by atoms with Gasteiger partial charge in [-0.2, -0.15) is 0 Å². The topological polar surface area (TPSA) is 58.2 Å². The number of benzene rings is 3. The van der Waals surface area contributed by atoms with Crippen LogP contribution in [0.1, 0.15) is 34.1 Å². The minimum Gasteiger partial charge on any atom is -0.326 e. The lowest BCUT2D eigenvalue weighted by atomic mass is 9.92. The number of anilines is 2. The van der Waals surface area contributed by atoms with E-state index in [1.807, 2.05) is 94.4 Å². The van der Waals surface area contributed by atoms with Crippen LogP contribution < -0.4 is 10.6 Å². The van der Waals surface area contributed by atoms with Gasteiger partial charge in [-0.15, -0.1) is 11.8 Å². The summed E-state index contributed by atoms with van der Waals surface area (Å²) in [5.41, 5.74) is 1.54.